The molecule has 2 heterocycles. The molecular weight excluding hydrogens is 190 g/mol. The van der Waals surface area contributed by atoms with Crippen LogP contribution < -0.4 is 5.32 Å². The van der Waals surface area contributed by atoms with E-state index in [1.807, 2.05) is 0 Å². The normalized spacial score (nSPS) is 33.5. The molecule has 2 aliphatic rings. The second kappa shape index (κ2) is 3.59. The van der Waals surface area contributed by atoms with E-state index in [1.165, 1.54) is 11.1 Å². The van der Waals surface area contributed by atoms with Gasteiger partial charge in [-0.25, -0.2) is 0 Å². The first-order chi connectivity index (χ1) is 7.40. The number of fused-ring (bicyclic) bond motifs is 3. The summed E-state index contributed by atoms with van der Waals surface area (Å²) in [7, 11) is 1.75. The van der Waals surface area contributed by atoms with Crippen LogP contribution >= 0.6 is 0 Å². The molecular formula is C12H15NO2. The van der Waals surface area contributed by atoms with Crippen LogP contribution in [0.4, 0.5) is 0 Å². The maximum atomic E-state index is 5.82. The minimum absolute atomic E-state index is 0.0939. The third kappa shape index (κ3) is 1.39. The van der Waals surface area contributed by atoms with Crippen molar-refractivity contribution in [3.63, 3.8) is 0 Å². The zero-order chi connectivity index (χ0) is 10.3. The Morgan fingerprint density at radius 2 is 2.27 bits per heavy atom. The first kappa shape index (κ1) is 9.33. The van der Waals surface area contributed by atoms with E-state index in [1.54, 1.807) is 7.11 Å². The van der Waals surface area contributed by atoms with Crippen LogP contribution in [0.15, 0.2) is 24.3 Å². The topological polar surface area (TPSA) is 30.5 Å². The third-order valence-electron chi connectivity index (χ3n) is 3.37. The molecule has 3 atom stereocenters. The van der Waals surface area contributed by atoms with E-state index in [0.717, 1.165) is 13.2 Å². The standard InChI is InChI=1S/C12H15NO2/c1-14-12-11-9-5-3-2-4-8(9)7-15-10(11)6-13-12/h2-5,10-13H,6-7H2,1H3. The average molecular weight is 205 g/mol. The highest BCUT2D eigenvalue weighted by molar-refractivity contribution is 5.34. The lowest BCUT2D eigenvalue weighted by Crippen LogP contribution is -2.31. The Labute approximate surface area is 89.4 Å². The van der Waals surface area contributed by atoms with Crippen molar-refractivity contribution >= 4 is 0 Å². The van der Waals surface area contributed by atoms with Crippen molar-refractivity contribution in [1.29, 1.82) is 0 Å². The molecule has 1 fully saturated rings. The molecule has 1 saturated heterocycles. The predicted molar refractivity (Wildman–Crippen MR) is 56.6 cm³/mol. The van der Waals surface area contributed by atoms with Crippen molar-refractivity contribution < 1.29 is 9.47 Å². The van der Waals surface area contributed by atoms with Crippen molar-refractivity contribution in [1.82, 2.24) is 5.32 Å². The Bertz CT molecular complexity index is 366. The Hall–Kier alpha value is -0.900. The number of methoxy groups -OCH3 is 1. The first-order valence-corrected chi connectivity index (χ1v) is 5.36. The van der Waals surface area contributed by atoms with E-state index in [0.29, 0.717) is 5.92 Å². The Morgan fingerprint density at radius 1 is 1.40 bits per heavy atom. The number of hydrogen-bond donors (Lipinski definition) is 1. The number of rotatable bonds is 1. The fraction of sp³-hybridized carbons (Fsp3) is 0.500. The molecule has 3 heteroatoms. The summed E-state index contributed by atoms with van der Waals surface area (Å²) in [6.07, 6.45) is 0.362. The van der Waals surface area contributed by atoms with Crippen LogP contribution in [-0.2, 0) is 16.1 Å². The summed E-state index contributed by atoms with van der Waals surface area (Å²) in [4.78, 5) is 0. The van der Waals surface area contributed by atoms with Crippen LogP contribution in [0.2, 0.25) is 0 Å². The van der Waals surface area contributed by atoms with E-state index in [9.17, 15) is 0 Å². The molecule has 0 radical (unpaired) electrons. The van der Waals surface area contributed by atoms with Crippen LogP contribution in [0.5, 0.6) is 0 Å². The number of nitrogens with one attached hydrogen (secondary N) is 1. The highest BCUT2D eigenvalue weighted by Gasteiger charge is 2.41. The fourth-order valence-electron chi connectivity index (χ4n) is 2.62. The smallest absolute Gasteiger partial charge is 0.117 e. The quantitative estimate of drug-likeness (QED) is 0.748. The summed E-state index contributed by atoms with van der Waals surface area (Å²) in [5.41, 5.74) is 2.68. The molecule has 0 amide bonds. The third-order valence-corrected chi connectivity index (χ3v) is 3.37. The van der Waals surface area contributed by atoms with Crippen LogP contribution in [0.3, 0.4) is 0 Å². The maximum Gasteiger partial charge on any atom is 0.117 e. The van der Waals surface area contributed by atoms with Crippen LogP contribution in [0, 0.1) is 0 Å². The van der Waals surface area contributed by atoms with Crippen molar-refractivity contribution in [2.45, 2.75) is 24.9 Å². The van der Waals surface area contributed by atoms with E-state index in [-0.39, 0.29) is 12.3 Å². The lowest BCUT2D eigenvalue weighted by Gasteiger charge is -2.30. The summed E-state index contributed by atoms with van der Waals surface area (Å²) in [6.45, 7) is 1.62. The molecule has 3 unspecified atom stereocenters. The molecule has 80 valence electrons. The van der Waals surface area contributed by atoms with E-state index >= 15 is 0 Å². The van der Waals surface area contributed by atoms with E-state index in [2.05, 4.69) is 29.6 Å². The van der Waals surface area contributed by atoms with Gasteiger partial charge in [-0.1, -0.05) is 24.3 Å². The minimum Gasteiger partial charge on any atom is -0.371 e. The summed E-state index contributed by atoms with van der Waals surface area (Å²) in [6, 6.07) is 8.48. The molecule has 0 spiro atoms. The number of ether oxygens (including phenoxy) is 2. The Kier molecular flexibility index (Phi) is 2.24. The Balaban J connectivity index is 2.02. The van der Waals surface area contributed by atoms with Gasteiger partial charge < -0.3 is 9.47 Å². The van der Waals surface area contributed by atoms with Crippen molar-refractivity contribution in [2.75, 3.05) is 13.7 Å². The average Bonchev–Trinajstić information content (AvgIpc) is 2.72. The van der Waals surface area contributed by atoms with Gasteiger partial charge in [-0.2, -0.15) is 0 Å². The second-order valence-electron chi connectivity index (χ2n) is 4.14. The second-order valence-corrected chi connectivity index (χ2v) is 4.14. The molecule has 0 bridgehead atoms. The summed E-state index contributed by atoms with van der Waals surface area (Å²) < 4.78 is 11.3. The minimum atomic E-state index is 0.0939. The monoisotopic (exact) mass is 205 g/mol. The van der Waals surface area contributed by atoms with Crippen molar-refractivity contribution in [2.24, 2.45) is 0 Å². The molecule has 0 aromatic heterocycles. The zero-order valence-corrected chi connectivity index (χ0v) is 8.77. The summed E-state index contributed by atoms with van der Waals surface area (Å²) in [5.74, 6) is 0.347. The van der Waals surface area contributed by atoms with Gasteiger partial charge in [0.1, 0.15) is 6.23 Å². The molecule has 1 N–H and O–H groups in total. The van der Waals surface area contributed by atoms with Gasteiger partial charge in [0.2, 0.25) is 0 Å². The number of benzene rings is 1. The van der Waals surface area contributed by atoms with Crippen LogP contribution in [-0.4, -0.2) is 26.0 Å². The molecule has 15 heavy (non-hydrogen) atoms. The lowest BCUT2D eigenvalue weighted by molar-refractivity contribution is -0.00129. The van der Waals surface area contributed by atoms with Crippen LogP contribution in [0.1, 0.15) is 17.0 Å². The van der Waals surface area contributed by atoms with Gasteiger partial charge in [0.05, 0.1) is 18.6 Å². The number of hydrogen-bond acceptors (Lipinski definition) is 3. The first-order valence-electron chi connectivity index (χ1n) is 5.36. The molecule has 3 nitrogen and oxygen atoms in total. The molecule has 3 rings (SSSR count). The van der Waals surface area contributed by atoms with Crippen molar-refractivity contribution in [3.05, 3.63) is 35.4 Å². The van der Waals surface area contributed by atoms with Gasteiger partial charge in [0.25, 0.3) is 0 Å². The zero-order valence-electron chi connectivity index (χ0n) is 8.77. The lowest BCUT2D eigenvalue weighted by atomic mass is 9.88. The highest BCUT2D eigenvalue weighted by atomic mass is 16.5. The molecule has 2 aliphatic heterocycles. The van der Waals surface area contributed by atoms with Gasteiger partial charge >= 0.3 is 0 Å². The van der Waals surface area contributed by atoms with Gasteiger partial charge in [0, 0.05) is 13.7 Å². The largest absolute Gasteiger partial charge is 0.371 e. The predicted octanol–water partition coefficient (Wildman–Crippen LogP) is 1.24. The van der Waals surface area contributed by atoms with E-state index in [4.69, 9.17) is 9.47 Å². The van der Waals surface area contributed by atoms with Crippen molar-refractivity contribution in [3.8, 4) is 0 Å². The molecule has 1 aromatic carbocycles. The summed E-state index contributed by atoms with van der Waals surface area (Å²) >= 11 is 0. The molecule has 0 saturated carbocycles. The maximum absolute atomic E-state index is 5.82. The summed E-state index contributed by atoms with van der Waals surface area (Å²) in [5, 5.41) is 3.34. The SMILES string of the molecule is COC1NCC2OCc3ccccc3C21. The Morgan fingerprint density at radius 3 is 3.13 bits per heavy atom. The molecule has 0 aliphatic carbocycles. The molecule has 1 aromatic rings. The van der Waals surface area contributed by atoms with Crippen LogP contribution in [0.25, 0.3) is 0 Å². The van der Waals surface area contributed by atoms with Gasteiger partial charge in [-0.3, -0.25) is 5.32 Å². The van der Waals surface area contributed by atoms with Gasteiger partial charge in [-0.05, 0) is 11.1 Å². The fourth-order valence-corrected chi connectivity index (χ4v) is 2.62. The van der Waals surface area contributed by atoms with Gasteiger partial charge in [0.15, 0.2) is 0 Å². The highest BCUT2D eigenvalue weighted by Crippen LogP contribution is 2.36. The van der Waals surface area contributed by atoms with E-state index < -0.39 is 0 Å². The van der Waals surface area contributed by atoms with Gasteiger partial charge in [-0.15, -0.1) is 0 Å².